The molecule has 0 saturated heterocycles. The van der Waals surface area contributed by atoms with Gasteiger partial charge in [-0.3, -0.25) is 4.79 Å². The molecule has 0 fully saturated rings. The van der Waals surface area contributed by atoms with Crippen molar-refractivity contribution in [3.05, 3.63) is 22.8 Å². The van der Waals surface area contributed by atoms with E-state index in [-0.39, 0.29) is 6.54 Å². The van der Waals surface area contributed by atoms with Gasteiger partial charge in [-0.15, -0.1) is 5.10 Å². The number of carbonyl (C=O) groups is 1. The Morgan fingerprint density at radius 2 is 2.35 bits per heavy atom. The van der Waals surface area contributed by atoms with E-state index in [9.17, 15) is 4.79 Å². The van der Waals surface area contributed by atoms with Gasteiger partial charge in [0.15, 0.2) is 0 Å². The highest BCUT2D eigenvalue weighted by Crippen LogP contribution is 2.23. The second kappa shape index (κ2) is 5.23. The van der Waals surface area contributed by atoms with Crippen LogP contribution < -0.4 is 0 Å². The van der Waals surface area contributed by atoms with Gasteiger partial charge in [-0.05, 0) is 50.3 Å². The monoisotopic (exact) mass is 315 g/mol. The number of nitrogens with zero attached hydrogens (tertiary/aromatic N) is 5. The van der Waals surface area contributed by atoms with Gasteiger partial charge < -0.3 is 5.11 Å². The van der Waals surface area contributed by atoms with Crippen molar-refractivity contribution in [3.63, 3.8) is 0 Å². The molecule has 2 heterocycles. The smallest absolute Gasteiger partial charge is 0.325 e. The van der Waals surface area contributed by atoms with E-state index >= 15 is 0 Å². The fraction of sp³-hybridized carbons (Fsp3) is 0.125. The quantitative estimate of drug-likeness (QED) is 0.901. The zero-order valence-electron chi connectivity index (χ0n) is 8.32. The maximum absolute atomic E-state index is 10.6. The van der Waals surface area contributed by atoms with Crippen molar-refractivity contribution in [2.24, 2.45) is 0 Å². The van der Waals surface area contributed by atoms with Gasteiger partial charge in [-0.2, -0.15) is 0 Å². The number of hydrogen-bond donors (Lipinski definition) is 1. The van der Waals surface area contributed by atoms with Crippen LogP contribution in [0.3, 0.4) is 0 Å². The average Bonchev–Trinajstić information content (AvgIpc) is 2.68. The zero-order valence-corrected chi connectivity index (χ0v) is 10.7. The molecule has 2 aromatic heterocycles. The van der Waals surface area contributed by atoms with E-state index in [1.54, 1.807) is 12.3 Å². The van der Waals surface area contributed by atoms with E-state index < -0.39 is 5.97 Å². The number of carboxylic acids is 1. The third-order valence-corrected chi connectivity index (χ3v) is 3.07. The summed E-state index contributed by atoms with van der Waals surface area (Å²) in [5, 5.41) is 20.5. The fourth-order valence-electron chi connectivity index (χ4n) is 1.01. The molecule has 9 heteroatoms. The molecule has 0 saturated carbocycles. The SMILES string of the molecule is O=C(O)Cn1nnnc1Sc1ccc(Br)cn1. The van der Waals surface area contributed by atoms with Crippen molar-refractivity contribution in [2.75, 3.05) is 0 Å². The number of tetrazole rings is 1. The molecule has 0 aliphatic carbocycles. The first-order valence-electron chi connectivity index (χ1n) is 4.42. The molecule has 0 aliphatic heterocycles. The molecule has 2 rings (SSSR count). The number of hydrogen-bond acceptors (Lipinski definition) is 6. The molecule has 1 N–H and O–H groups in total. The van der Waals surface area contributed by atoms with Gasteiger partial charge in [-0.25, -0.2) is 9.67 Å². The van der Waals surface area contributed by atoms with Crippen LogP contribution in [0.2, 0.25) is 0 Å². The Morgan fingerprint density at radius 1 is 1.53 bits per heavy atom. The van der Waals surface area contributed by atoms with E-state index in [0.717, 1.165) is 4.47 Å². The third kappa shape index (κ3) is 3.24. The van der Waals surface area contributed by atoms with Crippen molar-refractivity contribution in [2.45, 2.75) is 16.7 Å². The van der Waals surface area contributed by atoms with Crippen molar-refractivity contribution in [3.8, 4) is 0 Å². The number of pyridine rings is 1. The van der Waals surface area contributed by atoms with Gasteiger partial charge >= 0.3 is 5.97 Å². The highest BCUT2D eigenvalue weighted by molar-refractivity contribution is 9.10. The Kier molecular flexibility index (Phi) is 3.69. The summed E-state index contributed by atoms with van der Waals surface area (Å²) in [6.07, 6.45) is 1.65. The lowest BCUT2D eigenvalue weighted by Crippen LogP contribution is -2.11. The van der Waals surface area contributed by atoms with Crippen molar-refractivity contribution in [1.82, 2.24) is 25.2 Å². The maximum Gasteiger partial charge on any atom is 0.325 e. The number of carboxylic acid groups (broad SMARTS) is 1. The first-order valence-corrected chi connectivity index (χ1v) is 6.03. The Morgan fingerprint density at radius 3 is 3.00 bits per heavy atom. The molecule has 0 atom stereocenters. The summed E-state index contributed by atoms with van der Waals surface area (Å²) in [5.74, 6) is -0.997. The summed E-state index contributed by atoms with van der Waals surface area (Å²) in [6.45, 7) is -0.272. The zero-order chi connectivity index (χ0) is 12.3. The largest absolute Gasteiger partial charge is 0.480 e. The highest BCUT2D eigenvalue weighted by atomic mass is 79.9. The molecule has 7 nitrogen and oxygen atoms in total. The Bertz CT molecular complexity index is 529. The van der Waals surface area contributed by atoms with Crippen LogP contribution in [0.4, 0.5) is 0 Å². The molecule has 2 aromatic rings. The number of halogens is 1. The van der Waals surface area contributed by atoms with Crippen molar-refractivity contribution in [1.29, 1.82) is 0 Å². The van der Waals surface area contributed by atoms with Crippen molar-refractivity contribution >= 4 is 33.7 Å². The van der Waals surface area contributed by atoms with Crippen LogP contribution in [0, 0.1) is 0 Å². The minimum absolute atomic E-state index is 0.272. The minimum Gasteiger partial charge on any atom is -0.480 e. The first-order chi connectivity index (χ1) is 8.15. The fourth-order valence-corrected chi connectivity index (χ4v) is 1.96. The topological polar surface area (TPSA) is 93.8 Å². The van der Waals surface area contributed by atoms with Crippen LogP contribution in [-0.4, -0.2) is 36.3 Å². The van der Waals surface area contributed by atoms with Gasteiger partial charge in [0.1, 0.15) is 11.6 Å². The summed E-state index contributed by atoms with van der Waals surface area (Å²) >= 11 is 4.48. The Balaban J connectivity index is 2.15. The lowest BCUT2D eigenvalue weighted by molar-refractivity contribution is -0.138. The second-order valence-electron chi connectivity index (χ2n) is 2.93. The van der Waals surface area contributed by atoms with Crippen LogP contribution in [0.15, 0.2) is 33.0 Å². The Hall–Kier alpha value is -1.48. The predicted molar refractivity (Wildman–Crippen MR) is 61.5 cm³/mol. The molecule has 0 aliphatic rings. The van der Waals surface area contributed by atoms with Gasteiger partial charge in [-0.1, -0.05) is 0 Å². The van der Waals surface area contributed by atoms with Gasteiger partial charge in [0.05, 0.1) is 0 Å². The highest BCUT2D eigenvalue weighted by Gasteiger charge is 2.11. The van der Waals surface area contributed by atoms with E-state index in [0.29, 0.717) is 10.2 Å². The minimum atomic E-state index is -0.997. The summed E-state index contributed by atoms with van der Waals surface area (Å²) in [5.41, 5.74) is 0. The number of aromatic nitrogens is 5. The maximum atomic E-state index is 10.6. The molecule has 0 radical (unpaired) electrons. The van der Waals surface area contributed by atoms with E-state index in [2.05, 4.69) is 36.4 Å². The normalized spacial score (nSPS) is 10.4. The summed E-state index contributed by atoms with van der Waals surface area (Å²) in [4.78, 5) is 14.7. The molecule has 0 unspecified atom stereocenters. The van der Waals surface area contributed by atoms with Crippen LogP contribution >= 0.6 is 27.7 Å². The first kappa shape index (κ1) is 12.0. The molecule has 88 valence electrons. The molecular formula is C8H6BrN5O2S. The summed E-state index contributed by atoms with van der Waals surface area (Å²) in [7, 11) is 0. The Labute approximate surface area is 108 Å². The molecule has 0 amide bonds. The molecule has 0 spiro atoms. The number of aliphatic carboxylic acids is 1. The molecule has 17 heavy (non-hydrogen) atoms. The van der Waals surface area contributed by atoms with Gasteiger partial charge in [0.2, 0.25) is 5.16 Å². The van der Waals surface area contributed by atoms with Crippen LogP contribution in [0.5, 0.6) is 0 Å². The van der Waals surface area contributed by atoms with Crippen LogP contribution in [0.1, 0.15) is 0 Å². The predicted octanol–water partition coefficient (Wildman–Crippen LogP) is 1.07. The summed E-state index contributed by atoms with van der Waals surface area (Å²) in [6, 6.07) is 3.62. The molecular weight excluding hydrogens is 310 g/mol. The van der Waals surface area contributed by atoms with Crippen LogP contribution in [0.25, 0.3) is 0 Å². The standard InChI is InChI=1S/C8H6BrN5O2S/c9-5-1-2-6(10-3-5)17-8-11-12-13-14(8)4-7(15)16/h1-3H,4H2,(H,15,16). The van der Waals surface area contributed by atoms with Crippen LogP contribution in [-0.2, 0) is 11.3 Å². The lowest BCUT2D eigenvalue weighted by Gasteiger charge is -2.00. The van der Waals surface area contributed by atoms with Gasteiger partial charge in [0, 0.05) is 10.7 Å². The van der Waals surface area contributed by atoms with E-state index in [1.807, 2.05) is 6.07 Å². The van der Waals surface area contributed by atoms with Gasteiger partial charge in [0.25, 0.3) is 0 Å². The number of rotatable bonds is 4. The van der Waals surface area contributed by atoms with E-state index in [1.165, 1.54) is 16.4 Å². The molecule has 0 bridgehead atoms. The molecule has 0 aromatic carbocycles. The third-order valence-electron chi connectivity index (χ3n) is 1.68. The summed E-state index contributed by atoms with van der Waals surface area (Å²) < 4.78 is 2.07. The van der Waals surface area contributed by atoms with Crippen molar-refractivity contribution < 1.29 is 9.90 Å². The lowest BCUT2D eigenvalue weighted by atomic mass is 10.5. The van der Waals surface area contributed by atoms with E-state index in [4.69, 9.17) is 5.11 Å². The second-order valence-corrected chi connectivity index (χ2v) is 4.83. The average molecular weight is 316 g/mol.